The summed E-state index contributed by atoms with van der Waals surface area (Å²) in [7, 11) is 6.03. The molecule has 0 bridgehead atoms. The molecule has 2 unspecified atom stereocenters. The number of benzene rings is 2. The van der Waals surface area contributed by atoms with Gasteiger partial charge in [-0.1, -0.05) is 91.3 Å². The van der Waals surface area contributed by atoms with E-state index in [2.05, 4.69) is 10.6 Å². The van der Waals surface area contributed by atoms with E-state index in [1.54, 1.807) is 87.9 Å². The number of nitrogens with zero attached hydrogens (tertiary/aromatic N) is 3. The van der Waals surface area contributed by atoms with Gasteiger partial charge in [0.05, 0.1) is 42.7 Å². The molecule has 5 rings (SSSR count). The van der Waals surface area contributed by atoms with Crippen LogP contribution in [0.25, 0.3) is 10.1 Å². The predicted molar refractivity (Wildman–Crippen MR) is 291 cm³/mol. The van der Waals surface area contributed by atoms with Gasteiger partial charge in [-0.05, 0) is 48.3 Å². The number of rotatable bonds is 27. The summed E-state index contributed by atoms with van der Waals surface area (Å²) in [6, 6.07) is 9.73. The number of carboxylic acids is 2. The molecule has 432 valence electrons. The van der Waals surface area contributed by atoms with E-state index in [0.717, 1.165) is 10.4 Å². The minimum atomic E-state index is -1.23. The molecule has 3 heterocycles. The summed E-state index contributed by atoms with van der Waals surface area (Å²) < 4.78 is 30.2. The smallest absolute Gasteiger partial charge is 0.410 e. The Morgan fingerprint density at radius 2 is 1.59 bits per heavy atom. The van der Waals surface area contributed by atoms with E-state index in [1.807, 2.05) is 26.0 Å². The van der Waals surface area contributed by atoms with Gasteiger partial charge in [-0.3, -0.25) is 24.1 Å². The first-order chi connectivity index (χ1) is 37.0. The molecule has 0 radical (unpaired) electrons. The third-order valence-corrected chi connectivity index (χ3v) is 16.4. The Bertz CT molecular complexity index is 2530. The van der Waals surface area contributed by atoms with Crippen molar-refractivity contribution in [3.8, 4) is 5.75 Å². The molecular formula is C56H82N6O15S. The Labute approximate surface area is 461 Å². The number of carbonyl (C=O) groups excluding carboxylic acids is 5. The maximum absolute atomic E-state index is 14.8. The molecule has 21 nitrogen and oxygen atoms in total. The van der Waals surface area contributed by atoms with Crippen molar-refractivity contribution in [2.24, 2.45) is 29.4 Å². The molecule has 0 spiro atoms. The van der Waals surface area contributed by atoms with E-state index in [4.69, 9.17) is 29.4 Å². The van der Waals surface area contributed by atoms with Crippen LogP contribution in [0.3, 0.4) is 0 Å². The summed E-state index contributed by atoms with van der Waals surface area (Å²) in [5, 5.41) is 36.0. The lowest BCUT2D eigenvalue weighted by molar-refractivity contribution is -0.195. The van der Waals surface area contributed by atoms with Gasteiger partial charge >= 0.3 is 18.0 Å². The molecule has 2 aromatic carbocycles. The van der Waals surface area contributed by atoms with Crippen LogP contribution in [0.5, 0.6) is 5.75 Å². The van der Waals surface area contributed by atoms with Gasteiger partial charge < -0.3 is 65.2 Å². The molecule has 12 atom stereocenters. The zero-order chi connectivity index (χ0) is 57.7. The Morgan fingerprint density at radius 3 is 2.18 bits per heavy atom. The lowest BCUT2D eigenvalue weighted by atomic mass is 9.89. The van der Waals surface area contributed by atoms with Gasteiger partial charge in [0.2, 0.25) is 29.9 Å². The monoisotopic (exact) mass is 1110 g/mol. The van der Waals surface area contributed by atoms with Crippen LogP contribution in [-0.4, -0.2) is 167 Å². The van der Waals surface area contributed by atoms with Crippen molar-refractivity contribution in [3.05, 3.63) is 64.5 Å². The van der Waals surface area contributed by atoms with E-state index in [1.165, 1.54) is 37.5 Å². The second-order valence-electron chi connectivity index (χ2n) is 21.3. The Morgan fingerprint density at radius 1 is 0.897 bits per heavy atom. The summed E-state index contributed by atoms with van der Waals surface area (Å²) >= 11 is 1.37. The summed E-state index contributed by atoms with van der Waals surface area (Å²) in [5.74, 6) is -5.65. The number of methoxy groups -OCH3 is 2. The van der Waals surface area contributed by atoms with E-state index in [0.29, 0.717) is 47.2 Å². The van der Waals surface area contributed by atoms with Gasteiger partial charge in [0.15, 0.2) is 6.10 Å². The zero-order valence-electron chi connectivity index (χ0n) is 46.8. The number of likely N-dealkylation sites (tertiary alicyclic amines) is 1. The highest BCUT2D eigenvalue weighted by Crippen LogP contribution is 2.38. The minimum absolute atomic E-state index is 0.0615. The molecule has 7 N–H and O–H groups in total. The lowest BCUT2D eigenvalue weighted by Crippen LogP contribution is -2.60. The second-order valence-corrected chi connectivity index (χ2v) is 22.4. The van der Waals surface area contributed by atoms with E-state index < -0.39 is 114 Å². The van der Waals surface area contributed by atoms with Crippen LogP contribution in [-0.2, 0) is 67.3 Å². The predicted octanol–water partition coefficient (Wildman–Crippen LogP) is 5.16. The lowest BCUT2D eigenvalue weighted by Gasteiger charge is -2.41. The van der Waals surface area contributed by atoms with Crippen molar-refractivity contribution in [2.45, 2.75) is 167 Å². The summed E-state index contributed by atoms with van der Waals surface area (Å²) in [6.07, 6.45) is -3.77. The minimum Gasteiger partial charge on any atom is -0.480 e. The van der Waals surface area contributed by atoms with E-state index in [9.17, 15) is 48.9 Å². The van der Waals surface area contributed by atoms with Gasteiger partial charge in [0.25, 0.3) is 0 Å². The summed E-state index contributed by atoms with van der Waals surface area (Å²) in [4.78, 5) is 100. The number of thiophene rings is 1. The number of hydrogen-bond donors (Lipinski definition) is 6. The molecule has 0 saturated carbocycles. The molecule has 5 amide bonds. The summed E-state index contributed by atoms with van der Waals surface area (Å²) in [6.45, 7) is 13.2. The van der Waals surface area contributed by atoms with Gasteiger partial charge in [0.1, 0.15) is 30.5 Å². The number of nitrogens with two attached hydrogens (primary N) is 1. The number of nitrogens with one attached hydrogen (secondary N) is 2. The van der Waals surface area contributed by atoms with Crippen molar-refractivity contribution in [3.63, 3.8) is 0 Å². The molecule has 22 heteroatoms. The number of ether oxygens (including phenoxy) is 5. The maximum atomic E-state index is 14.8. The van der Waals surface area contributed by atoms with Gasteiger partial charge in [-0.15, -0.1) is 11.3 Å². The first-order valence-electron chi connectivity index (χ1n) is 26.8. The van der Waals surface area contributed by atoms with E-state index >= 15 is 0 Å². The quantitative estimate of drug-likeness (QED) is 0.0575. The average Bonchev–Trinajstić information content (AvgIpc) is 4.08. The number of aliphatic hydroxyl groups is 1. The fourth-order valence-electron chi connectivity index (χ4n) is 10.7. The van der Waals surface area contributed by atoms with Gasteiger partial charge in [-0.25, -0.2) is 14.4 Å². The number of aliphatic carboxylic acids is 2. The van der Waals surface area contributed by atoms with Crippen molar-refractivity contribution in [1.82, 2.24) is 25.3 Å². The Kier molecular flexibility index (Phi) is 23.2. The first kappa shape index (κ1) is 62.9. The van der Waals surface area contributed by atoms with Crippen LogP contribution >= 0.6 is 11.3 Å². The maximum Gasteiger partial charge on any atom is 0.410 e. The third-order valence-electron chi connectivity index (χ3n) is 15.1. The van der Waals surface area contributed by atoms with Crippen LogP contribution in [0.2, 0.25) is 0 Å². The molecule has 2 saturated heterocycles. The van der Waals surface area contributed by atoms with Crippen molar-refractivity contribution in [2.75, 3.05) is 34.9 Å². The Balaban J connectivity index is 1.26. The molecule has 3 aromatic rings. The molecular weight excluding hydrogens is 1030 g/mol. The fourth-order valence-corrected chi connectivity index (χ4v) is 11.7. The van der Waals surface area contributed by atoms with Crippen molar-refractivity contribution in [1.29, 1.82) is 0 Å². The number of carbonyl (C=O) groups is 7. The fraction of sp³-hybridized carbons (Fsp3) is 0.625. The number of likely N-dealkylation sites (N-methyl/N-ethyl adjacent to an activating group) is 2. The summed E-state index contributed by atoms with van der Waals surface area (Å²) in [5.41, 5.74) is 7.38. The standard InChI is InChI=1S/C56H82N6O15S/c1-12-32(6)48(42(73-10)27-44(64)62-22-16-19-40(62)49(74-11)33(7)51(65)58-39(54(68)69)23-34-17-14-13-15-18-34)60(8)53(67)46(30(2)3)59-52(66)47(31(4)5)61(9)56(72)75-29-35-20-21-41(38-26-37(28-57)78-50(35)38)76-45-25-36(63)24-43(77-45)55(70)71/h13-15,17-18,20-21,26,30-33,36,39-40,42-43,45-49,63H,12,16,19,22-25,27-29,57H2,1-11H3,(H,58,65)(H,59,66)(H,68,69)(H,70,71)/t32?,33-,36+,39?,40+,42-,43+,45-,46+,47+,48+,49-/m1/s1. The molecule has 0 aliphatic carbocycles. The van der Waals surface area contributed by atoms with Crippen molar-refractivity contribution >= 4 is 63.1 Å². The molecule has 1 aromatic heterocycles. The van der Waals surface area contributed by atoms with Crippen LogP contribution in [0, 0.1) is 23.7 Å². The van der Waals surface area contributed by atoms with Gasteiger partial charge in [0, 0.05) is 81.2 Å². The zero-order valence-corrected chi connectivity index (χ0v) is 47.7. The second kappa shape index (κ2) is 28.8. The largest absolute Gasteiger partial charge is 0.480 e. The third kappa shape index (κ3) is 15.7. The topological polar surface area (TPSA) is 286 Å². The Hall–Kier alpha value is -5.91. The van der Waals surface area contributed by atoms with Crippen molar-refractivity contribution < 1.29 is 72.6 Å². The van der Waals surface area contributed by atoms with Crippen LogP contribution < -0.4 is 21.1 Å². The number of hydrogen-bond acceptors (Lipinski definition) is 15. The average molecular weight is 1110 g/mol. The normalized spacial score (nSPS) is 20.7. The highest BCUT2D eigenvalue weighted by atomic mass is 32.1. The molecule has 2 aliphatic heterocycles. The SMILES string of the molecule is CCC(C)[C@@H]([C@@H](CC(=O)N1CCC[C@H]1[C@H](OC)[C@@H](C)C(=O)NC(Cc1ccccc1)C(=O)O)OC)N(C)C(=O)[C@@H](NC(=O)[C@H](C(C)C)N(C)C(=O)OCc1ccc(O[C@H]2C[C@@H](O)C[C@@H](C(=O)O)O2)c2cc(CN)sc12)C(C)C. The molecule has 2 fully saturated rings. The van der Waals surface area contributed by atoms with Crippen LogP contribution in [0.4, 0.5) is 4.79 Å². The van der Waals surface area contributed by atoms with Crippen LogP contribution in [0.15, 0.2) is 48.5 Å². The number of amides is 5. The van der Waals surface area contributed by atoms with Gasteiger partial charge in [-0.2, -0.15) is 0 Å². The van der Waals surface area contributed by atoms with E-state index in [-0.39, 0.29) is 50.7 Å². The highest BCUT2D eigenvalue weighted by Gasteiger charge is 2.44. The first-order valence-corrected chi connectivity index (χ1v) is 27.6. The molecule has 2 aliphatic rings. The highest BCUT2D eigenvalue weighted by molar-refractivity contribution is 7.19. The van der Waals surface area contributed by atoms with Crippen LogP contribution in [0.1, 0.15) is 103 Å². The number of carboxylic acid groups (broad SMARTS) is 2. The molecule has 78 heavy (non-hydrogen) atoms. The number of aliphatic hydroxyl groups excluding tert-OH is 1. The number of fused-ring (bicyclic) bond motifs is 1.